The van der Waals surface area contributed by atoms with Gasteiger partial charge < -0.3 is 47.9 Å². The number of nitrogens with one attached hydrogen (secondary N) is 4. The highest BCUT2D eigenvalue weighted by atomic mass is 32.5. The molecule has 2 saturated heterocycles. The van der Waals surface area contributed by atoms with E-state index in [-0.39, 0.29) is 79.5 Å². The molecule has 2 unspecified atom stereocenters. The van der Waals surface area contributed by atoms with Gasteiger partial charge in [-0.1, -0.05) is 82.3 Å². The van der Waals surface area contributed by atoms with E-state index in [1.165, 1.54) is 6.33 Å². The fraction of sp³-hybridized carbons (Fsp3) is 0.508. The smallest absolute Gasteiger partial charge is 0.280 e. The highest BCUT2D eigenvalue weighted by molar-refractivity contribution is 8.09. The highest BCUT2D eigenvalue weighted by Crippen LogP contribution is 2.55. The zero-order valence-corrected chi connectivity index (χ0v) is 53.5. The molecule has 0 radical (unpaired) electrons. The number of imidazole rings is 2. The zero-order chi connectivity index (χ0) is 62.0. The zero-order valence-electron chi connectivity index (χ0n) is 50.9. The van der Waals surface area contributed by atoms with Crippen LogP contribution < -0.4 is 31.2 Å². The van der Waals surface area contributed by atoms with Gasteiger partial charge in [0.1, 0.15) is 50.1 Å². The van der Waals surface area contributed by atoms with Crippen LogP contribution in [0.15, 0.2) is 101 Å². The Morgan fingerprint density at radius 3 is 1.67 bits per heavy atom. The lowest BCUT2D eigenvalue weighted by Crippen LogP contribution is -2.38. The topological polar surface area (TPSA) is 276 Å². The van der Waals surface area contributed by atoms with Crippen LogP contribution in [0.25, 0.3) is 22.3 Å². The van der Waals surface area contributed by atoms with Crippen LogP contribution in [-0.4, -0.2) is 133 Å². The van der Waals surface area contributed by atoms with Crippen LogP contribution in [0.3, 0.4) is 0 Å². The van der Waals surface area contributed by atoms with Gasteiger partial charge in [-0.25, -0.2) is 9.97 Å². The summed E-state index contributed by atoms with van der Waals surface area (Å²) in [5.74, 6) is 2.45. The first-order valence-electron chi connectivity index (χ1n) is 29.5. The Bertz CT molecular complexity index is 3610. The van der Waals surface area contributed by atoms with Gasteiger partial charge in [0.2, 0.25) is 11.9 Å². The lowest BCUT2D eigenvalue weighted by molar-refractivity contribution is -0.0909. The second kappa shape index (κ2) is 29.1. The Morgan fingerprint density at radius 1 is 0.713 bits per heavy atom. The summed E-state index contributed by atoms with van der Waals surface area (Å²) in [5, 5.41) is 26.6. The summed E-state index contributed by atoms with van der Waals surface area (Å²) in [5.41, 5.74) is 1.21. The van der Waals surface area contributed by atoms with Gasteiger partial charge in [0.05, 0.1) is 64.4 Å². The van der Waals surface area contributed by atoms with Crippen molar-refractivity contribution in [2.45, 2.75) is 136 Å². The Balaban J connectivity index is 1.09. The van der Waals surface area contributed by atoms with E-state index in [9.17, 15) is 20.1 Å². The van der Waals surface area contributed by atoms with Crippen LogP contribution in [-0.2, 0) is 45.2 Å². The average molecular weight is 1250 g/mol. The third-order valence-electron chi connectivity index (χ3n) is 15.1. The minimum atomic E-state index is -3.52. The summed E-state index contributed by atoms with van der Waals surface area (Å²) in [6.45, 7) is 14.1. The van der Waals surface area contributed by atoms with Crippen LogP contribution in [0.2, 0.25) is 0 Å². The van der Waals surface area contributed by atoms with Crippen molar-refractivity contribution in [1.29, 1.82) is 10.5 Å². The van der Waals surface area contributed by atoms with Crippen LogP contribution in [0.1, 0.15) is 110 Å². The van der Waals surface area contributed by atoms with Crippen LogP contribution >= 0.6 is 14.8 Å². The molecule has 464 valence electrons. The molecular weight excluding hydrogens is 1170 g/mol. The number of nitriles is 2. The lowest BCUT2D eigenvalue weighted by atomic mass is 9.80. The molecule has 2 fully saturated rings. The van der Waals surface area contributed by atoms with Gasteiger partial charge in [-0.2, -0.15) is 20.5 Å². The van der Waals surface area contributed by atoms with Gasteiger partial charge in [0, 0.05) is 63.2 Å². The normalized spacial score (nSPS) is 20.0. The second-order valence-electron chi connectivity index (χ2n) is 22.9. The van der Waals surface area contributed by atoms with Gasteiger partial charge >= 0.3 is 0 Å². The molecule has 0 amide bonds. The number of aromatic amines is 2. The molecule has 0 spiro atoms. The maximum atomic E-state index is 13.6. The number of anilines is 2. The van der Waals surface area contributed by atoms with Crippen LogP contribution in [0.4, 0.5) is 11.9 Å². The number of H-pyrrole nitrogens is 2. The fourth-order valence-electron chi connectivity index (χ4n) is 11.0. The van der Waals surface area contributed by atoms with E-state index < -0.39 is 68.4 Å². The molecule has 3 aromatic carbocycles. The minimum absolute atomic E-state index is 0.00616. The van der Waals surface area contributed by atoms with Crippen molar-refractivity contribution in [2.75, 3.05) is 63.5 Å². The van der Waals surface area contributed by atoms with Gasteiger partial charge in [0.15, 0.2) is 28.8 Å². The summed E-state index contributed by atoms with van der Waals surface area (Å²) >= 11 is 6.57. The Morgan fingerprint density at radius 2 is 1.20 bits per heavy atom. The Kier molecular flexibility index (Phi) is 21.7. The number of nitrogens with zero attached hydrogens (tertiary/aromatic N) is 9. The van der Waals surface area contributed by atoms with E-state index in [1.54, 1.807) is 29.7 Å². The summed E-state index contributed by atoms with van der Waals surface area (Å²) in [6.07, 6.45) is -0.267. The number of aromatic nitrogens is 8. The number of fused-ring (bicyclic) bond motifs is 2. The van der Waals surface area contributed by atoms with Crippen molar-refractivity contribution < 1.29 is 37.3 Å². The van der Waals surface area contributed by atoms with E-state index in [4.69, 9.17) is 59.0 Å². The van der Waals surface area contributed by atoms with Crippen molar-refractivity contribution in [1.82, 2.24) is 43.7 Å². The molecule has 8 atom stereocenters. The molecule has 6 heterocycles. The summed E-state index contributed by atoms with van der Waals surface area (Å²) in [7, 11) is 1.87. The summed E-state index contributed by atoms with van der Waals surface area (Å²) in [4.78, 5) is 51.3. The van der Waals surface area contributed by atoms with Crippen molar-refractivity contribution in [2.24, 2.45) is 11.8 Å². The molecule has 0 saturated carbocycles. The predicted molar refractivity (Wildman–Crippen MR) is 337 cm³/mol. The SMILES string of the molecule is COc1ccc(C(OC[C@H]2O[C@@H](n3cnc4c(=O)[nH]c(NCC(C)C)nc43)C[C@@H]2OP(=S)(CCC#N)OC[C@H]2O[C@@H](n3cnc4c(=O)[nH]c(NCC(C)C)nc43)C[C@@H]2OP(CCC#N)N(C(C)C)C(C)C)(c2ccccc2)c2ccc(OC)cc2)cc1. The number of rotatable bonds is 30. The first kappa shape index (κ1) is 64.8. The third kappa shape index (κ3) is 15.1. The molecular formula is C61H79N13O10P2S. The molecule has 9 rings (SSSR count). The standard InChI is InChI=1S/C61H79N13O10P2S/c1-38(2)32-64-59-68-55-53(57(75)70-59)66-36-72(55)51-30-47(83-85(28-14-26-62)74(40(5)6)41(7)8)50(82-51)35-80-86(87,29-15-27-63)84-48-31-52(73-37-67-54-56(73)69-60(71-58(54)76)65-33-39(3)4)81-49(48)34-79-61(42-16-12-11-13-17-42,43-18-22-45(77-9)23-19-43)44-20-24-46(78-10)25-21-44/h11-13,16-25,36-41,47-52H,14-15,28-35H2,1-10H3,(H2,64,68,70,75)(H2,65,69,71,76)/t47-,48-,49+,50+,51+,52+,85?,86?/m0/s1. The Hall–Kier alpha value is -6.66. The maximum absolute atomic E-state index is 13.6. The highest BCUT2D eigenvalue weighted by Gasteiger charge is 2.47. The van der Waals surface area contributed by atoms with E-state index in [1.807, 2.05) is 78.9 Å². The molecule has 2 aliphatic heterocycles. The molecule has 0 bridgehead atoms. The van der Waals surface area contributed by atoms with Gasteiger partial charge in [-0.15, -0.1) is 0 Å². The number of hydrogen-bond donors (Lipinski definition) is 4. The number of ether oxygens (including phenoxy) is 5. The molecule has 4 aromatic heterocycles. The Labute approximate surface area is 513 Å². The summed E-state index contributed by atoms with van der Waals surface area (Å²) < 4.78 is 59.9. The number of methoxy groups -OCH3 is 2. The van der Waals surface area contributed by atoms with Crippen molar-refractivity contribution in [3.05, 3.63) is 129 Å². The van der Waals surface area contributed by atoms with Crippen molar-refractivity contribution >= 4 is 60.8 Å². The first-order chi connectivity index (χ1) is 41.9. The molecule has 7 aromatic rings. The lowest BCUT2D eigenvalue weighted by Gasteiger charge is -2.39. The maximum Gasteiger partial charge on any atom is 0.280 e. The largest absolute Gasteiger partial charge is 0.497 e. The van der Waals surface area contributed by atoms with Crippen molar-refractivity contribution in [3.8, 4) is 23.6 Å². The van der Waals surface area contributed by atoms with E-state index in [2.05, 4.69) is 103 Å². The molecule has 26 heteroatoms. The third-order valence-corrected chi connectivity index (χ3v) is 20.6. The van der Waals surface area contributed by atoms with E-state index in [0.29, 0.717) is 54.4 Å². The van der Waals surface area contributed by atoms with Crippen LogP contribution in [0, 0.1) is 34.5 Å². The van der Waals surface area contributed by atoms with Gasteiger partial charge in [-0.3, -0.25) is 33.4 Å². The fourth-order valence-corrected chi connectivity index (χ4v) is 15.7. The molecule has 23 nitrogen and oxygen atoms in total. The molecule has 87 heavy (non-hydrogen) atoms. The average Bonchev–Trinajstić information content (AvgIpc) is 2.07. The van der Waals surface area contributed by atoms with Crippen molar-refractivity contribution in [3.63, 3.8) is 0 Å². The number of benzene rings is 3. The molecule has 0 aliphatic carbocycles. The first-order valence-corrected chi connectivity index (χ1v) is 33.7. The summed E-state index contributed by atoms with van der Waals surface area (Å²) in [6, 6.07) is 30.1. The molecule has 4 N–H and O–H groups in total. The quantitative estimate of drug-likeness (QED) is 0.0241. The predicted octanol–water partition coefficient (Wildman–Crippen LogP) is 10.3. The molecule has 2 aliphatic rings. The second-order valence-corrected chi connectivity index (χ2v) is 28.6. The van der Waals surface area contributed by atoms with Gasteiger partial charge in [0.25, 0.3) is 11.1 Å². The minimum Gasteiger partial charge on any atom is -0.497 e. The van der Waals surface area contributed by atoms with Gasteiger partial charge in [-0.05, 0) is 92.3 Å². The van der Waals surface area contributed by atoms with Crippen LogP contribution in [0.5, 0.6) is 11.5 Å². The van der Waals surface area contributed by atoms with E-state index >= 15 is 0 Å². The van der Waals surface area contributed by atoms with E-state index in [0.717, 1.165) is 16.7 Å². The number of hydrogen-bond acceptors (Lipinski definition) is 20. The monoisotopic (exact) mass is 1250 g/mol.